The van der Waals surface area contributed by atoms with Gasteiger partial charge in [-0.05, 0) is 44.0 Å². The van der Waals surface area contributed by atoms with Crippen molar-refractivity contribution in [2.24, 2.45) is 0 Å². The van der Waals surface area contributed by atoms with Gasteiger partial charge in [0.05, 0.1) is 11.3 Å². The van der Waals surface area contributed by atoms with Crippen LogP contribution >= 0.6 is 11.8 Å². The molecule has 1 N–H and O–H groups in total. The van der Waals surface area contributed by atoms with Gasteiger partial charge in [0.15, 0.2) is 11.6 Å². The molecule has 3 aromatic carbocycles. The molecule has 0 spiro atoms. The highest BCUT2D eigenvalue weighted by molar-refractivity contribution is 7.99. The van der Waals surface area contributed by atoms with Gasteiger partial charge >= 0.3 is 0 Å². The zero-order chi connectivity index (χ0) is 20.0. The molecule has 0 bridgehead atoms. The topological polar surface area (TPSA) is 46.2 Å². The Morgan fingerprint density at radius 3 is 2.07 bits per heavy atom. The first-order valence-corrected chi connectivity index (χ1v) is 10.5. The van der Waals surface area contributed by atoms with Crippen molar-refractivity contribution in [3.8, 4) is 0 Å². The number of carbonyl (C=O) groups is 2. The third-order valence-corrected chi connectivity index (χ3v) is 6.43. The predicted molar refractivity (Wildman–Crippen MR) is 116 cm³/mol. The molecule has 0 aromatic heterocycles. The first-order chi connectivity index (χ1) is 14.1. The lowest BCUT2D eigenvalue weighted by atomic mass is 9.83. The minimum Gasteiger partial charge on any atom is -0.359 e. The number of hydrogen-bond donors (Lipinski definition) is 1. The Bertz CT molecular complexity index is 1190. The second-order valence-electron chi connectivity index (χ2n) is 7.33. The van der Waals surface area contributed by atoms with E-state index < -0.39 is 0 Å². The van der Waals surface area contributed by atoms with E-state index in [9.17, 15) is 9.59 Å². The van der Waals surface area contributed by atoms with E-state index in [0.717, 1.165) is 28.3 Å². The van der Waals surface area contributed by atoms with Crippen LogP contribution in [0.25, 0.3) is 0 Å². The van der Waals surface area contributed by atoms with Gasteiger partial charge in [-0.1, -0.05) is 59.8 Å². The largest absolute Gasteiger partial charge is 0.359 e. The maximum atomic E-state index is 13.4. The van der Waals surface area contributed by atoms with Crippen LogP contribution in [0.2, 0.25) is 0 Å². The van der Waals surface area contributed by atoms with E-state index in [2.05, 4.69) is 5.32 Å². The molecule has 2 aliphatic carbocycles. The molecule has 142 valence electrons. The summed E-state index contributed by atoms with van der Waals surface area (Å²) in [7, 11) is 0. The number of fused-ring (bicyclic) bond motifs is 2. The summed E-state index contributed by atoms with van der Waals surface area (Å²) >= 11 is 1.52. The van der Waals surface area contributed by atoms with E-state index in [0.29, 0.717) is 27.9 Å². The van der Waals surface area contributed by atoms with Crippen LogP contribution in [0.5, 0.6) is 0 Å². The molecule has 1 fully saturated rings. The number of nitrogens with one attached hydrogen (secondary N) is 1. The molecule has 2 aliphatic rings. The van der Waals surface area contributed by atoms with Crippen molar-refractivity contribution >= 4 is 29.0 Å². The summed E-state index contributed by atoms with van der Waals surface area (Å²) in [6, 6.07) is 20.9. The van der Waals surface area contributed by atoms with E-state index in [1.54, 1.807) is 12.1 Å². The molecule has 4 heteroatoms. The van der Waals surface area contributed by atoms with Crippen molar-refractivity contribution in [2.75, 3.05) is 5.32 Å². The fourth-order valence-electron chi connectivity index (χ4n) is 3.73. The van der Waals surface area contributed by atoms with E-state index in [1.807, 2.05) is 61.5 Å². The fraction of sp³-hybridized carbons (Fsp3) is 0.120. The summed E-state index contributed by atoms with van der Waals surface area (Å²) in [5.74, 6) is -0.184. The zero-order valence-corrected chi connectivity index (χ0v) is 16.8. The van der Waals surface area contributed by atoms with E-state index in [-0.39, 0.29) is 11.6 Å². The van der Waals surface area contributed by atoms with E-state index in [4.69, 9.17) is 0 Å². The monoisotopic (exact) mass is 397 g/mol. The summed E-state index contributed by atoms with van der Waals surface area (Å²) in [4.78, 5) is 28.7. The molecule has 29 heavy (non-hydrogen) atoms. The molecule has 0 unspecified atom stereocenters. The number of benzene rings is 3. The standard InChI is InChI=1S/C25H19NO2S/c1-15(16-11-12-16)26-20-13-14-21(29-17-7-3-2-4-8-17)23-22(20)24(27)18-9-5-6-10-19(18)25(23)28/h2-10,13-14,26H,11-12H2,1H3. The summed E-state index contributed by atoms with van der Waals surface area (Å²) in [6.07, 6.45) is 2.19. The van der Waals surface area contributed by atoms with Gasteiger partial charge in [0, 0.05) is 32.2 Å². The Morgan fingerprint density at radius 1 is 0.793 bits per heavy atom. The molecule has 3 aromatic rings. The lowest BCUT2D eigenvalue weighted by Crippen LogP contribution is -2.23. The Hall–Kier alpha value is -3.11. The van der Waals surface area contributed by atoms with Crippen LogP contribution in [0.1, 0.15) is 51.6 Å². The molecule has 0 aliphatic heterocycles. The molecule has 0 amide bonds. The average Bonchev–Trinajstić information content (AvgIpc) is 3.59. The van der Waals surface area contributed by atoms with Gasteiger partial charge in [-0.3, -0.25) is 9.59 Å². The third-order valence-electron chi connectivity index (χ3n) is 5.36. The maximum absolute atomic E-state index is 13.4. The SMILES string of the molecule is CC(Nc1ccc(Sc2ccccc2)c2c1C(=O)c1ccccc1C2=O)=C1CC1. The number of allylic oxidation sites excluding steroid dienone is 2. The Kier molecular flexibility index (Phi) is 4.36. The van der Waals surface area contributed by atoms with Gasteiger partial charge < -0.3 is 5.32 Å². The zero-order valence-electron chi connectivity index (χ0n) is 16.0. The van der Waals surface area contributed by atoms with Crippen molar-refractivity contribution < 1.29 is 9.59 Å². The number of anilines is 1. The van der Waals surface area contributed by atoms with Crippen molar-refractivity contribution in [2.45, 2.75) is 29.6 Å². The molecular formula is C25H19NO2S. The minimum atomic E-state index is -0.0955. The van der Waals surface area contributed by atoms with Crippen molar-refractivity contribution in [3.05, 3.63) is 100 Å². The highest BCUT2D eigenvalue weighted by Gasteiger charge is 2.34. The van der Waals surface area contributed by atoms with E-state index in [1.165, 1.54) is 17.3 Å². The molecule has 0 saturated heterocycles. The van der Waals surface area contributed by atoms with Crippen LogP contribution in [0.3, 0.4) is 0 Å². The van der Waals surface area contributed by atoms with Gasteiger partial charge in [0.25, 0.3) is 0 Å². The molecule has 0 atom stereocenters. The molecule has 0 heterocycles. The van der Waals surface area contributed by atoms with Crippen LogP contribution in [-0.2, 0) is 0 Å². The molecule has 3 nitrogen and oxygen atoms in total. The predicted octanol–water partition coefficient (Wildman–Crippen LogP) is 6.09. The van der Waals surface area contributed by atoms with Gasteiger partial charge in [-0.2, -0.15) is 0 Å². The minimum absolute atomic E-state index is 0.0889. The molecule has 0 radical (unpaired) electrons. The lowest BCUT2D eigenvalue weighted by Gasteiger charge is -2.23. The first kappa shape index (κ1) is 18.0. The van der Waals surface area contributed by atoms with Crippen LogP contribution < -0.4 is 5.32 Å². The van der Waals surface area contributed by atoms with E-state index >= 15 is 0 Å². The van der Waals surface area contributed by atoms with Crippen molar-refractivity contribution in [1.29, 1.82) is 0 Å². The molecule has 1 saturated carbocycles. The Balaban J connectivity index is 1.68. The highest BCUT2D eigenvalue weighted by Crippen LogP contribution is 2.41. The van der Waals surface area contributed by atoms with Crippen LogP contribution in [0, 0.1) is 0 Å². The van der Waals surface area contributed by atoms with Crippen LogP contribution in [0.4, 0.5) is 5.69 Å². The second-order valence-corrected chi connectivity index (χ2v) is 8.45. The first-order valence-electron chi connectivity index (χ1n) is 9.67. The summed E-state index contributed by atoms with van der Waals surface area (Å²) in [6.45, 7) is 2.03. The van der Waals surface area contributed by atoms with Crippen LogP contribution in [-0.4, -0.2) is 11.6 Å². The second kappa shape index (κ2) is 7.05. The summed E-state index contributed by atoms with van der Waals surface area (Å²) in [5, 5.41) is 3.40. The third kappa shape index (κ3) is 3.19. The number of hydrogen-bond acceptors (Lipinski definition) is 4. The average molecular weight is 397 g/mol. The Labute approximate surface area is 173 Å². The lowest BCUT2D eigenvalue weighted by molar-refractivity contribution is 0.0977. The summed E-state index contributed by atoms with van der Waals surface area (Å²) in [5.41, 5.74) is 5.10. The van der Waals surface area contributed by atoms with Gasteiger partial charge in [-0.15, -0.1) is 0 Å². The maximum Gasteiger partial charge on any atom is 0.196 e. The Morgan fingerprint density at radius 2 is 1.41 bits per heavy atom. The normalized spacial score (nSPS) is 14.3. The van der Waals surface area contributed by atoms with Gasteiger partial charge in [0.2, 0.25) is 0 Å². The summed E-state index contributed by atoms with van der Waals surface area (Å²) < 4.78 is 0. The quantitative estimate of drug-likeness (QED) is 0.452. The fourth-order valence-corrected chi connectivity index (χ4v) is 4.71. The van der Waals surface area contributed by atoms with Gasteiger partial charge in [-0.25, -0.2) is 0 Å². The smallest absolute Gasteiger partial charge is 0.196 e. The number of ketones is 2. The highest BCUT2D eigenvalue weighted by atomic mass is 32.2. The van der Waals surface area contributed by atoms with Crippen molar-refractivity contribution in [3.63, 3.8) is 0 Å². The van der Waals surface area contributed by atoms with Crippen molar-refractivity contribution in [1.82, 2.24) is 0 Å². The van der Waals surface area contributed by atoms with Crippen LogP contribution in [0.15, 0.2) is 87.8 Å². The van der Waals surface area contributed by atoms with Gasteiger partial charge in [0.1, 0.15) is 0 Å². The molecular weight excluding hydrogens is 378 g/mol. The number of rotatable bonds is 4. The number of carbonyl (C=O) groups excluding carboxylic acids is 2. The molecule has 5 rings (SSSR count).